The zero-order chi connectivity index (χ0) is 44.8. The van der Waals surface area contributed by atoms with E-state index in [0.29, 0.717) is 31.9 Å². The molecule has 1 fully saturated rings. The average molecular weight is 1000 g/mol. The van der Waals surface area contributed by atoms with Gasteiger partial charge in [-0.2, -0.15) is 9.10 Å². The van der Waals surface area contributed by atoms with Crippen LogP contribution in [0, 0.1) is 3.57 Å². The molecular formula is C41H47IN8O10S2. The Kier molecular flexibility index (Phi) is 14.9. The zero-order valence-electron chi connectivity index (χ0n) is 34.8. The fraction of sp³-hybridized carbons (Fsp3) is 0.341. The summed E-state index contributed by atoms with van der Waals surface area (Å²) >= 11 is -0.362. The lowest BCUT2D eigenvalue weighted by Gasteiger charge is -2.27. The number of hydrogen-bond donors (Lipinski definition) is 3. The molecule has 2 heterocycles. The summed E-state index contributed by atoms with van der Waals surface area (Å²) in [5.41, 5.74) is 1.29. The number of ether oxygens (including phenoxy) is 4. The average Bonchev–Trinajstić information content (AvgIpc) is 3.87. The molecule has 0 bridgehead atoms. The van der Waals surface area contributed by atoms with Gasteiger partial charge in [-0.3, -0.25) is 0 Å². The number of benzene rings is 4. The van der Waals surface area contributed by atoms with E-state index in [-0.39, 0.29) is 53.9 Å². The highest BCUT2D eigenvalue weighted by Crippen LogP contribution is 2.38. The molecule has 3 N–H and O–H groups in total. The number of carbonyl (C=O) groups excluding carboxylic acids is 1. The summed E-state index contributed by atoms with van der Waals surface area (Å²) in [6.45, 7) is 4.70. The minimum Gasteiger partial charge on any atom is -0.593 e. The van der Waals surface area contributed by atoms with Crippen LogP contribution in [0.5, 0.6) is 17.2 Å². The second-order valence-corrected chi connectivity index (χ2v) is 19.4. The first-order chi connectivity index (χ1) is 29.5. The van der Waals surface area contributed by atoms with Crippen molar-refractivity contribution in [2.24, 2.45) is 0 Å². The Morgan fingerprint density at radius 1 is 0.855 bits per heavy atom. The predicted octanol–water partition coefficient (Wildman–Crippen LogP) is 5.28. The molecule has 4 aromatic carbocycles. The maximum absolute atomic E-state index is 15.6. The molecular weight excluding hydrogens is 956 g/mol. The molecule has 2 amide bonds. The summed E-state index contributed by atoms with van der Waals surface area (Å²) < 4.78 is 72.0. The second-order valence-electron chi connectivity index (χ2n) is 15.1. The summed E-state index contributed by atoms with van der Waals surface area (Å²) in [6, 6.07) is 22.4. The van der Waals surface area contributed by atoms with Gasteiger partial charge in [0.05, 0.1) is 56.9 Å². The van der Waals surface area contributed by atoms with Crippen molar-refractivity contribution in [3.8, 4) is 28.6 Å². The SMILES string of the molecule is COc1ccc(CN(Cc2ccc(OC)cc2)S(=O)(=O)c2c([S+]([O-])N[C@@H]3CN(C(=O)O)C[C@@H]3NC(=O)OC(C)(C)C)ccc(I)c2-c2nnn(Cc3ccc(OC)cc3)n2)cc1. The van der Waals surface area contributed by atoms with Crippen LogP contribution >= 0.6 is 22.6 Å². The Balaban J connectivity index is 1.46. The molecule has 62 heavy (non-hydrogen) atoms. The number of likely N-dealkylation sites (tertiary alicyclic amines) is 1. The molecule has 0 spiro atoms. The molecule has 5 aromatic rings. The third kappa shape index (κ3) is 11.4. The van der Waals surface area contributed by atoms with Crippen molar-refractivity contribution in [1.82, 2.24) is 39.5 Å². The van der Waals surface area contributed by atoms with Crippen LogP contribution in [0.15, 0.2) is 94.7 Å². The van der Waals surface area contributed by atoms with Crippen LogP contribution in [-0.2, 0) is 45.8 Å². The largest absolute Gasteiger partial charge is 0.593 e. The second kappa shape index (κ2) is 19.9. The van der Waals surface area contributed by atoms with E-state index in [4.69, 9.17) is 18.9 Å². The Labute approximate surface area is 376 Å². The third-order valence-electron chi connectivity index (χ3n) is 9.61. The number of halogens is 1. The highest BCUT2D eigenvalue weighted by molar-refractivity contribution is 14.1. The van der Waals surface area contributed by atoms with E-state index in [1.54, 1.807) is 94.6 Å². The van der Waals surface area contributed by atoms with Crippen LogP contribution in [0.25, 0.3) is 11.4 Å². The van der Waals surface area contributed by atoms with Crippen LogP contribution in [0.4, 0.5) is 9.59 Å². The van der Waals surface area contributed by atoms with Crippen molar-refractivity contribution >= 4 is 56.2 Å². The third-order valence-corrected chi connectivity index (χ3v) is 13.8. The lowest BCUT2D eigenvalue weighted by molar-refractivity contribution is 0.0500. The summed E-state index contributed by atoms with van der Waals surface area (Å²) in [5, 5.41) is 25.8. The van der Waals surface area contributed by atoms with Crippen molar-refractivity contribution in [2.75, 3.05) is 34.4 Å². The molecule has 21 heteroatoms. The molecule has 1 aromatic heterocycles. The van der Waals surface area contributed by atoms with Crippen LogP contribution in [0.2, 0.25) is 0 Å². The van der Waals surface area contributed by atoms with Crippen molar-refractivity contribution in [1.29, 1.82) is 0 Å². The molecule has 330 valence electrons. The maximum Gasteiger partial charge on any atom is 0.407 e. The number of carboxylic acid groups (broad SMARTS) is 1. The van der Waals surface area contributed by atoms with E-state index in [0.717, 1.165) is 10.5 Å². The van der Waals surface area contributed by atoms with Gasteiger partial charge < -0.3 is 38.8 Å². The van der Waals surface area contributed by atoms with E-state index in [2.05, 4.69) is 25.4 Å². The van der Waals surface area contributed by atoms with Crippen LogP contribution in [-0.4, -0.2) is 112 Å². The molecule has 0 aliphatic carbocycles. The van der Waals surface area contributed by atoms with Crippen molar-refractivity contribution in [3.63, 3.8) is 0 Å². The molecule has 0 saturated carbocycles. The number of tetrazole rings is 1. The van der Waals surface area contributed by atoms with E-state index in [9.17, 15) is 19.2 Å². The highest BCUT2D eigenvalue weighted by atomic mass is 127. The first-order valence-electron chi connectivity index (χ1n) is 19.1. The summed E-state index contributed by atoms with van der Waals surface area (Å²) in [5.74, 6) is 1.78. The predicted molar refractivity (Wildman–Crippen MR) is 237 cm³/mol. The first-order valence-corrected chi connectivity index (χ1v) is 22.8. The summed E-state index contributed by atoms with van der Waals surface area (Å²) in [6.07, 6.45) is -2.06. The number of sulfonamides is 1. The zero-order valence-corrected chi connectivity index (χ0v) is 38.6. The number of nitrogens with zero attached hydrogens (tertiary/aromatic N) is 6. The molecule has 1 unspecified atom stereocenters. The Bertz CT molecular complexity index is 2400. The quantitative estimate of drug-likeness (QED) is 0.0846. The number of alkyl carbamates (subject to hydrolysis) is 1. The number of rotatable bonds is 16. The molecule has 3 atom stereocenters. The number of nitrogens with one attached hydrogen (secondary N) is 2. The monoisotopic (exact) mass is 1000 g/mol. The van der Waals surface area contributed by atoms with Gasteiger partial charge in [0, 0.05) is 29.7 Å². The van der Waals surface area contributed by atoms with Gasteiger partial charge in [-0.1, -0.05) is 36.4 Å². The minimum atomic E-state index is -4.67. The number of methoxy groups -OCH3 is 3. The molecule has 6 rings (SSSR count). The first kappa shape index (κ1) is 46.3. The summed E-state index contributed by atoms with van der Waals surface area (Å²) in [7, 11) is -0.0331. The number of amides is 2. The lowest BCUT2D eigenvalue weighted by Crippen LogP contribution is -2.52. The van der Waals surface area contributed by atoms with Gasteiger partial charge in [-0.15, -0.1) is 14.9 Å². The maximum atomic E-state index is 15.6. The van der Waals surface area contributed by atoms with E-state index >= 15 is 8.42 Å². The van der Waals surface area contributed by atoms with E-state index in [1.165, 1.54) is 29.4 Å². The van der Waals surface area contributed by atoms with Gasteiger partial charge in [-0.05, 0) is 114 Å². The van der Waals surface area contributed by atoms with Crippen LogP contribution < -0.4 is 24.2 Å². The van der Waals surface area contributed by atoms with Gasteiger partial charge >= 0.3 is 12.2 Å². The van der Waals surface area contributed by atoms with Crippen molar-refractivity contribution in [2.45, 2.75) is 67.9 Å². The summed E-state index contributed by atoms with van der Waals surface area (Å²) in [4.78, 5) is 26.9. The Morgan fingerprint density at radius 3 is 1.87 bits per heavy atom. The van der Waals surface area contributed by atoms with Crippen LogP contribution in [0.1, 0.15) is 37.5 Å². The normalized spacial score (nSPS) is 15.9. The smallest absolute Gasteiger partial charge is 0.407 e. The molecule has 0 radical (unpaired) electrons. The van der Waals surface area contributed by atoms with Gasteiger partial charge in [-0.25, -0.2) is 18.0 Å². The Morgan fingerprint density at radius 2 is 1.37 bits per heavy atom. The standard InChI is InChI=1S/C41H47IN8O10S2/c1-41(2,3)60-39(51)43-33-24-48(40(52)53)25-34(33)46-61(54)35-20-19-32(42)36(38-44-47-50(45-38)23-28-11-17-31(59-6)18-12-28)37(35)62(55,56)49(21-26-7-13-29(57-4)14-8-26)22-27-9-15-30(58-5)16-10-27/h7-20,33-34,46H,21-25H2,1-6H3,(H,43,51)(H,52,53)/t33-,34+,61?/m0/s1. The molecule has 18 nitrogen and oxygen atoms in total. The topological polar surface area (TPSA) is 223 Å². The van der Waals surface area contributed by atoms with Crippen molar-refractivity contribution < 1.29 is 46.6 Å². The van der Waals surface area contributed by atoms with Gasteiger partial charge in [0.2, 0.25) is 15.8 Å². The van der Waals surface area contributed by atoms with Gasteiger partial charge in [0.25, 0.3) is 0 Å². The molecule has 1 saturated heterocycles. The van der Waals surface area contributed by atoms with E-state index < -0.39 is 51.3 Å². The van der Waals surface area contributed by atoms with Crippen LogP contribution in [0.3, 0.4) is 0 Å². The van der Waals surface area contributed by atoms with Crippen molar-refractivity contribution in [3.05, 3.63) is 105 Å². The number of carbonyl (C=O) groups is 2. The fourth-order valence-corrected chi connectivity index (χ4v) is 10.8. The fourth-order valence-electron chi connectivity index (χ4n) is 6.56. The highest BCUT2D eigenvalue weighted by Gasteiger charge is 2.43. The Hall–Kier alpha value is -5.20. The minimum absolute atomic E-state index is 0.0448. The van der Waals surface area contributed by atoms with Gasteiger partial charge in [0.15, 0.2) is 9.79 Å². The van der Waals surface area contributed by atoms with E-state index in [1.807, 2.05) is 34.7 Å². The van der Waals surface area contributed by atoms with Gasteiger partial charge in [0.1, 0.15) is 22.8 Å². The molecule has 1 aliphatic heterocycles. The lowest BCUT2D eigenvalue weighted by atomic mass is 10.2. The number of hydrogen-bond acceptors (Lipinski definition) is 13. The molecule has 1 aliphatic rings. The number of aromatic nitrogens is 4.